The number of nitrogens with zero attached hydrogens (tertiary/aromatic N) is 2. The highest BCUT2D eigenvalue weighted by Gasteiger charge is 2.33. The molecule has 0 rings (SSSR count). The average Bonchev–Trinajstić information content (AvgIpc) is 2.04. The van der Waals surface area contributed by atoms with E-state index in [2.05, 4.69) is 17.4 Å². The van der Waals surface area contributed by atoms with Crippen LogP contribution in [0.5, 0.6) is 0 Å². The van der Waals surface area contributed by atoms with Gasteiger partial charge in [0.25, 0.3) is 0 Å². The fraction of sp³-hybridized carbons (Fsp3) is 0.800. The molecule has 7 nitrogen and oxygen atoms in total. The summed E-state index contributed by atoms with van der Waals surface area (Å²) in [6, 6.07) is -1.08. The summed E-state index contributed by atoms with van der Waals surface area (Å²) < 4.78 is 3.63. The molecule has 14 heavy (non-hydrogen) atoms. The zero-order valence-electron chi connectivity index (χ0n) is 7.58. The van der Waals surface area contributed by atoms with E-state index >= 15 is 0 Å². The van der Waals surface area contributed by atoms with Gasteiger partial charge in [-0.2, -0.15) is 0 Å². The smallest absolute Gasteiger partial charge is 0.321 e. The largest absolute Gasteiger partial charge is 0.480 e. The fourth-order valence-corrected chi connectivity index (χ4v) is 0.857. The van der Waals surface area contributed by atoms with Crippen molar-refractivity contribution in [3.05, 3.63) is 9.81 Å². The van der Waals surface area contributed by atoms with E-state index in [1.165, 1.54) is 0 Å². The predicted molar refractivity (Wildman–Crippen MR) is 57.9 cm³/mol. The maximum atomic E-state index is 10.3. The highest BCUT2D eigenvalue weighted by Crippen LogP contribution is 2.27. The minimum atomic E-state index is -1.13. The fourth-order valence-electron chi connectivity index (χ4n) is 0.450. The minimum Gasteiger partial charge on any atom is -0.480 e. The molecule has 0 aromatic rings. The first-order chi connectivity index (χ1) is 6.33. The Hall–Kier alpha value is -0.670. The summed E-state index contributed by atoms with van der Waals surface area (Å²) in [5, 5.41) is 8.46. The van der Waals surface area contributed by atoms with Crippen LogP contribution in [0.1, 0.15) is 13.8 Å². The summed E-state index contributed by atoms with van der Waals surface area (Å²) >= 11 is 3.49. The molecule has 0 aromatic carbocycles. The second kappa shape index (κ2) is 7.71. The molecule has 0 aromatic heterocycles. The predicted octanol–water partition coefficient (Wildman–Crippen LogP) is 1.19. The van der Waals surface area contributed by atoms with Gasteiger partial charge in [-0.3, -0.25) is 4.79 Å². The molecule has 0 spiro atoms. The lowest BCUT2D eigenvalue weighted by molar-refractivity contribution is -0.139. The van der Waals surface area contributed by atoms with Gasteiger partial charge < -0.3 is 10.8 Å². The molecule has 0 heterocycles. The van der Waals surface area contributed by atoms with Crippen LogP contribution in [0.15, 0.2) is 9.16 Å². The number of thiol groups is 1. The van der Waals surface area contributed by atoms with Crippen molar-refractivity contribution < 1.29 is 9.90 Å². The van der Waals surface area contributed by atoms with Crippen molar-refractivity contribution in [2.75, 3.05) is 0 Å². The quantitative estimate of drug-likeness (QED) is 0.386. The first-order valence-corrected chi connectivity index (χ1v) is 4.46. The maximum Gasteiger partial charge on any atom is 0.321 e. The van der Waals surface area contributed by atoms with E-state index < -0.39 is 16.8 Å². The molecule has 0 saturated carbocycles. The van der Waals surface area contributed by atoms with Crippen molar-refractivity contribution >= 4 is 30.7 Å². The van der Waals surface area contributed by atoms with Crippen LogP contribution in [0.25, 0.3) is 0 Å². The molecular weight excluding hydrogens is 230 g/mol. The van der Waals surface area contributed by atoms with Gasteiger partial charge in [0.2, 0.25) is 0 Å². The van der Waals surface area contributed by atoms with E-state index in [0.717, 1.165) is 0 Å². The van der Waals surface area contributed by atoms with E-state index in [0.29, 0.717) is 11.9 Å². The van der Waals surface area contributed by atoms with Crippen molar-refractivity contribution in [3.8, 4) is 0 Å². The lowest BCUT2D eigenvalue weighted by Gasteiger charge is -2.23. The molecule has 0 unspecified atom stereocenters. The highest BCUT2D eigenvalue weighted by atomic mass is 32.2. The van der Waals surface area contributed by atoms with Crippen LogP contribution in [0.4, 0.5) is 0 Å². The van der Waals surface area contributed by atoms with Gasteiger partial charge in [-0.25, -0.2) is 0 Å². The lowest BCUT2D eigenvalue weighted by Crippen LogP contribution is -2.46. The van der Waals surface area contributed by atoms with Crippen LogP contribution in [0.2, 0.25) is 0 Å². The van der Waals surface area contributed by atoms with Crippen molar-refractivity contribution in [2.24, 2.45) is 14.9 Å². The van der Waals surface area contributed by atoms with Crippen LogP contribution in [0.3, 0.4) is 0 Å². The zero-order valence-corrected chi connectivity index (χ0v) is 9.29. The van der Waals surface area contributed by atoms with Crippen LogP contribution < -0.4 is 5.73 Å². The summed E-state index contributed by atoms with van der Waals surface area (Å²) in [5.74, 6) is -1.13. The van der Waals surface area contributed by atoms with Gasteiger partial charge in [-0.05, 0) is 13.8 Å². The van der Waals surface area contributed by atoms with Gasteiger partial charge in [-0.15, -0.1) is 9.81 Å². The summed E-state index contributed by atoms with van der Waals surface area (Å²) in [4.78, 5) is 28.6. The normalized spacial score (nSPS) is 12.0. The highest BCUT2D eigenvalue weighted by molar-refractivity contribution is 7.99. The second-order valence-electron chi connectivity index (χ2n) is 2.67. The number of aliphatic carboxylic acids is 1. The third kappa shape index (κ3) is 6.80. The number of carboxylic acids is 1. The van der Waals surface area contributed by atoms with Gasteiger partial charge in [0, 0.05) is 33.9 Å². The Morgan fingerprint density at radius 2 is 1.93 bits per heavy atom. The summed E-state index contributed by atoms with van der Waals surface area (Å²) in [6.07, 6.45) is 0. The number of hydrogen-bond donors (Lipinski definition) is 3. The van der Waals surface area contributed by atoms with Crippen molar-refractivity contribution in [3.63, 3.8) is 0 Å². The van der Waals surface area contributed by atoms with E-state index in [-0.39, 0.29) is 0 Å². The molecular formula is C5H11N3O4S2. The first-order valence-electron chi connectivity index (χ1n) is 3.29. The monoisotopic (exact) mass is 241 g/mol. The van der Waals surface area contributed by atoms with Crippen molar-refractivity contribution in [1.82, 2.24) is 0 Å². The minimum absolute atomic E-state index is 0.634. The molecule has 0 radical (unpaired) electrons. The molecule has 0 saturated heterocycles. The Morgan fingerprint density at radius 3 is 2.14 bits per heavy atom. The molecule has 3 N–H and O–H groups in total. The van der Waals surface area contributed by atoms with Crippen LogP contribution >= 0.6 is 24.8 Å². The number of rotatable bonds is 4. The molecule has 9 heteroatoms. The first kappa shape index (κ1) is 15.8. The van der Waals surface area contributed by atoms with Gasteiger partial charge in [0.1, 0.15) is 6.04 Å². The van der Waals surface area contributed by atoms with Gasteiger partial charge >= 0.3 is 5.97 Å². The van der Waals surface area contributed by atoms with Crippen LogP contribution in [-0.4, -0.2) is 21.9 Å². The second-order valence-corrected chi connectivity index (χ2v) is 4.21. The molecule has 0 aliphatic rings. The van der Waals surface area contributed by atoms with E-state index in [9.17, 15) is 9.70 Å². The summed E-state index contributed by atoms with van der Waals surface area (Å²) in [6.45, 7) is 3.11. The van der Waals surface area contributed by atoms with Crippen molar-refractivity contribution in [2.45, 2.75) is 24.6 Å². The topological polar surface area (TPSA) is 122 Å². The van der Waals surface area contributed by atoms with Crippen LogP contribution in [0, 0.1) is 9.81 Å². The third-order valence-corrected chi connectivity index (χ3v) is 2.09. The number of nitrogens with two attached hydrogens (primary N) is 1. The molecule has 0 bridgehead atoms. The Labute approximate surface area is 90.4 Å². The van der Waals surface area contributed by atoms with Gasteiger partial charge in [0.05, 0.1) is 4.75 Å². The molecule has 1 atom stereocenters. The standard InChI is InChI=1S/C5H10N2O3S.HNOS/c1-5(2,11-7-10)3(6)4(8)9;2-1-3/h3H,6H2,1-2H3,(H,8,9);(H,2,3)/t3-;/m1./s1. The van der Waals surface area contributed by atoms with Crippen LogP contribution in [-0.2, 0) is 4.79 Å². The molecule has 0 amide bonds. The van der Waals surface area contributed by atoms with Crippen molar-refractivity contribution in [1.29, 1.82) is 0 Å². The Bertz CT molecular complexity index is 211. The SMILES string of the molecule is CC(C)(SN=O)[C@H](N)C(=O)O.O=NS. The number of hydrogen-bond acceptors (Lipinski definition) is 7. The van der Waals surface area contributed by atoms with E-state index in [4.69, 9.17) is 15.7 Å². The zero-order chi connectivity index (χ0) is 11.8. The maximum absolute atomic E-state index is 10.3. The Morgan fingerprint density at radius 1 is 1.57 bits per heavy atom. The molecule has 82 valence electrons. The van der Waals surface area contributed by atoms with E-state index in [1.54, 1.807) is 13.8 Å². The Balaban J connectivity index is 0. The lowest BCUT2D eigenvalue weighted by atomic mass is 10.1. The van der Waals surface area contributed by atoms with Gasteiger partial charge in [-0.1, -0.05) is 0 Å². The Kier molecular flexibility index (Phi) is 8.69. The number of carboxylic acid groups (broad SMARTS) is 1. The molecule has 0 aliphatic carbocycles. The molecule has 0 aliphatic heterocycles. The third-order valence-electron chi connectivity index (χ3n) is 1.29. The number of carbonyl (C=O) groups is 1. The number of nitroso groups, excluding NO2 is 2. The average molecular weight is 241 g/mol. The summed E-state index contributed by atoms with van der Waals surface area (Å²) in [7, 11) is 0. The molecule has 0 fully saturated rings. The summed E-state index contributed by atoms with van der Waals surface area (Å²) in [5.41, 5.74) is 5.26. The van der Waals surface area contributed by atoms with E-state index in [1.807, 2.05) is 4.58 Å². The van der Waals surface area contributed by atoms with Gasteiger partial charge in [0.15, 0.2) is 0 Å².